The van der Waals surface area contributed by atoms with E-state index in [1.165, 1.54) is 20.1 Å². The minimum Gasteiger partial charge on any atom is -0.500 e. The highest BCUT2D eigenvalue weighted by molar-refractivity contribution is 5.95. The molecule has 1 aliphatic heterocycles. The van der Waals surface area contributed by atoms with Crippen LogP contribution in [0.5, 0.6) is 11.5 Å². The number of aromatic hydroxyl groups is 1. The fourth-order valence-electron chi connectivity index (χ4n) is 2.62. The largest absolute Gasteiger partial charge is 0.500 e. The Morgan fingerprint density at radius 1 is 1.44 bits per heavy atom. The molecule has 0 saturated heterocycles. The molecule has 1 heterocycles. The maximum absolute atomic E-state index is 12.6. The summed E-state index contributed by atoms with van der Waals surface area (Å²) in [4.78, 5) is 35.0. The predicted molar refractivity (Wildman–Crippen MR) is 94.3 cm³/mol. The van der Waals surface area contributed by atoms with E-state index >= 15 is 0 Å². The van der Waals surface area contributed by atoms with E-state index in [0.717, 1.165) is 6.07 Å². The molecule has 2 amide bonds. The number of nitro groups is 1. The van der Waals surface area contributed by atoms with Crippen molar-refractivity contribution in [2.24, 2.45) is 0 Å². The Bertz CT molecular complexity index is 819. The highest BCUT2D eigenvalue weighted by Crippen LogP contribution is 2.40. The number of amides is 2. The van der Waals surface area contributed by atoms with Crippen LogP contribution in [0.2, 0.25) is 0 Å². The van der Waals surface area contributed by atoms with Crippen LogP contribution in [0.15, 0.2) is 23.4 Å². The van der Waals surface area contributed by atoms with Gasteiger partial charge in [-0.05, 0) is 31.9 Å². The van der Waals surface area contributed by atoms with E-state index in [2.05, 4.69) is 10.6 Å². The molecule has 1 aromatic carbocycles. The molecule has 0 saturated carbocycles. The second-order valence-electron chi connectivity index (χ2n) is 6.04. The number of nitrogens with one attached hydrogen (secondary N) is 2. The lowest BCUT2D eigenvalue weighted by atomic mass is 9.94. The highest BCUT2D eigenvalue weighted by atomic mass is 16.6. The molecule has 3 N–H and O–H groups in total. The van der Waals surface area contributed by atoms with Crippen LogP contribution < -0.4 is 15.4 Å². The standard InChI is InChI=1S/C17H21N3O7/c1-5-8(2)27-16(22)13-9(3)18-17(23)19-14(13)10-6-11(20(24)25)15(21)12(7-10)26-4/h6-8,14,21H,5H2,1-4H3,(H2,18,19,23)/t8-,14+/m1/s1. The van der Waals surface area contributed by atoms with E-state index in [0.29, 0.717) is 6.42 Å². The number of nitro benzene ring substituents is 1. The van der Waals surface area contributed by atoms with Gasteiger partial charge >= 0.3 is 17.7 Å². The average Bonchev–Trinajstić information content (AvgIpc) is 2.60. The van der Waals surface area contributed by atoms with Gasteiger partial charge in [-0.25, -0.2) is 9.59 Å². The molecule has 0 spiro atoms. The number of phenols is 1. The Kier molecular flexibility index (Phi) is 5.88. The third kappa shape index (κ3) is 4.10. The Morgan fingerprint density at radius 2 is 2.11 bits per heavy atom. The Hall–Kier alpha value is -3.30. The lowest BCUT2D eigenvalue weighted by Gasteiger charge is -2.29. The number of nitrogens with zero attached hydrogens (tertiary/aromatic N) is 1. The number of allylic oxidation sites excluding steroid dienone is 1. The summed E-state index contributed by atoms with van der Waals surface area (Å²) in [6.45, 7) is 5.11. The second kappa shape index (κ2) is 7.94. The molecule has 1 aromatic rings. The van der Waals surface area contributed by atoms with E-state index in [4.69, 9.17) is 9.47 Å². The van der Waals surface area contributed by atoms with Crippen molar-refractivity contribution in [3.63, 3.8) is 0 Å². The fourth-order valence-corrected chi connectivity index (χ4v) is 2.62. The van der Waals surface area contributed by atoms with Gasteiger partial charge in [-0.15, -0.1) is 0 Å². The van der Waals surface area contributed by atoms with Crippen LogP contribution in [0.4, 0.5) is 10.5 Å². The van der Waals surface area contributed by atoms with Crippen molar-refractivity contribution in [3.8, 4) is 11.5 Å². The number of urea groups is 1. The van der Waals surface area contributed by atoms with Crippen molar-refractivity contribution in [2.75, 3.05) is 7.11 Å². The maximum Gasteiger partial charge on any atom is 0.338 e. The number of esters is 1. The van der Waals surface area contributed by atoms with Gasteiger partial charge in [0.1, 0.15) is 0 Å². The summed E-state index contributed by atoms with van der Waals surface area (Å²) in [5, 5.41) is 26.2. The smallest absolute Gasteiger partial charge is 0.338 e. The number of carbonyl (C=O) groups is 2. The Morgan fingerprint density at radius 3 is 2.67 bits per heavy atom. The SMILES string of the molecule is CC[C@@H](C)OC(=O)C1=C(C)NC(=O)N[C@H]1c1cc(OC)c(O)c([N+](=O)[O-])c1. The number of methoxy groups -OCH3 is 1. The van der Waals surface area contributed by atoms with Gasteiger partial charge in [-0.1, -0.05) is 6.92 Å². The van der Waals surface area contributed by atoms with Crippen molar-refractivity contribution < 1.29 is 29.1 Å². The first-order valence-corrected chi connectivity index (χ1v) is 8.24. The molecule has 2 rings (SSSR count). The van der Waals surface area contributed by atoms with Crippen LogP contribution in [0.3, 0.4) is 0 Å². The summed E-state index contributed by atoms with van der Waals surface area (Å²) in [5.41, 5.74) is -0.0326. The molecule has 0 aromatic heterocycles. The number of phenolic OH excluding ortho intramolecular Hbond substituents is 1. The van der Waals surface area contributed by atoms with Gasteiger partial charge in [-0.3, -0.25) is 10.1 Å². The van der Waals surface area contributed by atoms with Crippen LogP contribution in [0, 0.1) is 10.1 Å². The zero-order valence-corrected chi connectivity index (χ0v) is 15.4. The zero-order valence-electron chi connectivity index (χ0n) is 15.4. The van der Waals surface area contributed by atoms with Crippen LogP contribution in [0.25, 0.3) is 0 Å². The molecule has 10 heteroatoms. The topological polar surface area (TPSA) is 140 Å². The van der Waals surface area contributed by atoms with Gasteiger partial charge in [-0.2, -0.15) is 0 Å². The normalized spacial score (nSPS) is 17.6. The fraction of sp³-hybridized carbons (Fsp3) is 0.412. The molecule has 0 aliphatic carbocycles. The van der Waals surface area contributed by atoms with Gasteiger partial charge in [0.15, 0.2) is 5.75 Å². The van der Waals surface area contributed by atoms with Gasteiger partial charge < -0.3 is 25.2 Å². The average molecular weight is 379 g/mol. The third-order valence-electron chi connectivity index (χ3n) is 4.20. The van der Waals surface area contributed by atoms with Crippen LogP contribution in [-0.4, -0.2) is 35.2 Å². The minimum atomic E-state index is -1.01. The van der Waals surface area contributed by atoms with Gasteiger partial charge in [0.2, 0.25) is 5.75 Å². The van der Waals surface area contributed by atoms with Crippen molar-refractivity contribution >= 4 is 17.7 Å². The van der Waals surface area contributed by atoms with Crippen molar-refractivity contribution in [1.29, 1.82) is 0 Å². The molecular weight excluding hydrogens is 358 g/mol. The van der Waals surface area contributed by atoms with E-state index in [1.54, 1.807) is 6.92 Å². The number of hydrogen-bond donors (Lipinski definition) is 3. The number of carbonyl (C=O) groups excluding carboxylic acids is 2. The van der Waals surface area contributed by atoms with Crippen molar-refractivity contribution in [1.82, 2.24) is 10.6 Å². The van der Waals surface area contributed by atoms with Gasteiger partial charge in [0, 0.05) is 11.8 Å². The quantitative estimate of drug-likeness (QED) is 0.391. The van der Waals surface area contributed by atoms with Crippen molar-refractivity contribution in [2.45, 2.75) is 39.3 Å². The summed E-state index contributed by atoms with van der Waals surface area (Å²) in [6.07, 6.45) is 0.251. The minimum absolute atomic E-state index is 0.108. The first-order valence-electron chi connectivity index (χ1n) is 8.24. The molecule has 2 atom stereocenters. The first-order chi connectivity index (χ1) is 12.7. The molecule has 146 valence electrons. The molecule has 0 fully saturated rings. The molecule has 10 nitrogen and oxygen atoms in total. The first kappa shape index (κ1) is 20.0. The number of hydrogen-bond acceptors (Lipinski definition) is 7. The Labute approximate surface area is 155 Å². The van der Waals surface area contributed by atoms with E-state index in [9.17, 15) is 24.8 Å². The number of benzene rings is 1. The maximum atomic E-state index is 12.6. The lowest BCUT2D eigenvalue weighted by molar-refractivity contribution is -0.386. The molecule has 0 unspecified atom stereocenters. The predicted octanol–water partition coefficient (Wildman–Crippen LogP) is 2.28. The van der Waals surface area contributed by atoms with Crippen LogP contribution in [-0.2, 0) is 9.53 Å². The van der Waals surface area contributed by atoms with Crippen LogP contribution >= 0.6 is 0 Å². The van der Waals surface area contributed by atoms with Crippen LogP contribution in [0.1, 0.15) is 38.8 Å². The summed E-state index contributed by atoms with van der Waals surface area (Å²) < 4.78 is 10.3. The zero-order chi connectivity index (χ0) is 20.3. The summed E-state index contributed by atoms with van der Waals surface area (Å²) in [6, 6.07) is 0.816. The molecule has 0 radical (unpaired) electrons. The summed E-state index contributed by atoms with van der Waals surface area (Å²) >= 11 is 0. The number of rotatable bonds is 6. The number of ether oxygens (including phenoxy) is 2. The van der Waals surface area contributed by atoms with Gasteiger partial charge in [0.25, 0.3) is 0 Å². The van der Waals surface area contributed by atoms with E-state index in [1.807, 2.05) is 6.92 Å². The van der Waals surface area contributed by atoms with E-state index < -0.39 is 34.4 Å². The third-order valence-corrected chi connectivity index (χ3v) is 4.20. The molecule has 1 aliphatic rings. The molecule has 0 bridgehead atoms. The van der Waals surface area contributed by atoms with E-state index in [-0.39, 0.29) is 28.7 Å². The summed E-state index contributed by atoms with van der Waals surface area (Å²) in [7, 11) is 1.24. The van der Waals surface area contributed by atoms with Crippen molar-refractivity contribution in [3.05, 3.63) is 39.1 Å². The molecule has 27 heavy (non-hydrogen) atoms. The second-order valence-corrected chi connectivity index (χ2v) is 6.04. The summed E-state index contributed by atoms with van der Waals surface area (Å²) in [5.74, 6) is -1.45. The Balaban J connectivity index is 2.58. The molecular formula is C17H21N3O7. The lowest BCUT2D eigenvalue weighted by Crippen LogP contribution is -2.45. The highest BCUT2D eigenvalue weighted by Gasteiger charge is 2.35. The van der Waals surface area contributed by atoms with Gasteiger partial charge in [0.05, 0.1) is 29.8 Å². The monoisotopic (exact) mass is 379 g/mol.